The fraction of sp³-hybridized carbons (Fsp3) is 0.296. The number of nitrogens with zero attached hydrogens (tertiary/aromatic N) is 3. The Bertz CT molecular complexity index is 4130. The first-order chi connectivity index (χ1) is 41.1. The summed E-state index contributed by atoms with van der Waals surface area (Å²) in [7, 11) is -0.482. The number of pyridine rings is 3. The molecule has 0 bridgehead atoms. The van der Waals surface area contributed by atoms with Crippen molar-refractivity contribution in [3.05, 3.63) is 229 Å². The SMILES string of the molecule is CC1(C)OB(c2cc[c-]c(-c3ccc(-c4ccccc4-c4cc(-c5ccccc5-c5ccc(-c6[c-]cc7c(c6)C(C)(C)C(C)(C)C7(C)C)nc5)cc(-c5ccccc5-c5ccc(-c6[c-]cc7c(c6)C(C)(C)C(C)(C)C7(C)C)nc5)c4)cn3)c2)OC1(C)C.[Ir+3]. The molecule has 1 fully saturated rings. The molecule has 0 radical (unpaired) electrons. The van der Waals surface area contributed by atoms with Crippen molar-refractivity contribution in [3.63, 3.8) is 0 Å². The van der Waals surface area contributed by atoms with Crippen molar-refractivity contribution in [2.24, 2.45) is 10.8 Å². The van der Waals surface area contributed by atoms with Crippen LogP contribution in [0.1, 0.15) is 133 Å². The summed E-state index contributed by atoms with van der Waals surface area (Å²) in [5.74, 6) is 0. The van der Waals surface area contributed by atoms with Crippen LogP contribution < -0.4 is 5.46 Å². The van der Waals surface area contributed by atoms with Gasteiger partial charge in [0.1, 0.15) is 0 Å². The molecule has 0 spiro atoms. The zero-order valence-electron chi connectivity index (χ0n) is 54.0. The van der Waals surface area contributed by atoms with Gasteiger partial charge in [0.05, 0.1) is 11.2 Å². The average molecular weight is 1330 g/mol. The Kier molecular flexibility index (Phi) is 14.8. The largest absolute Gasteiger partial charge is 3.00 e. The molecule has 3 aliphatic rings. The molecule has 10 aromatic rings. The van der Waals surface area contributed by atoms with Gasteiger partial charge in [0.15, 0.2) is 0 Å². The third-order valence-corrected chi connectivity index (χ3v) is 22.9. The van der Waals surface area contributed by atoms with E-state index in [4.69, 9.17) is 24.3 Å². The Labute approximate surface area is 537 Å². The molecular formula is C81H79BIrN3O2. The third kappa shape index (κ3) is 9.56. The topological polar surface area (TPSA) is 57.1 Å². The van der Waals surface area contributed by atoms with Gasteiger partial charge in [-0.05, 0) is 162 Å². The molecule has 4 heterocycles. The summed E-state index contributed by atoms with van der Waals surface area (Å²) in [5, 5.41) is 0. The van der Waals surface area contributed by atoms with E-state index in [0.717, 1.165) is 106 Å². The van der Waals surface area contributed by atoms with Gasteiger partial charge in [0, 0.05) is 18.6 Å². The number of fused-ring (bicyclic) bond motifs is 2. The second-order valence-corrected chi connectivity index (χ2v) is 29.0. The van der Waals surface area contributed by atoms with E-state index >= 15 is 0 Å². The second kappa shape index (κ2) is 21.4. The summed E-state index contributed by atoms with van der Waals surface area (Å²) >= 11 is 0. The molecule has 13 rings (SSSR count). The van der Waals surface area contributed by atoms with Crippen LogP contribution in [0, 0.1) is 29.0 Å². The fourth-order valence-corrected chi connectivity index (χ4v) is 14.2. The number of rotatable bonds is 10. The van der Waals surface area contributed by atoms with E-state index in [-0.39, 0.29) is 52.6 Å². The van der Waals surface area contributed by atoms with Crippen LogP contribution in [0.4, 0.5) is 0 Å². The maximum atomic E-state index is 6.43. The van der Waals surface area contributed by atoms with E-state index in [1.807, 2.05) is 30.7 Å². The summed E-state index contributed by atoms with van der Waals surface area (Å²) in [6.45, 7) is 37.0. The minimum absolute atomic E-state index is 0. The molecule has 0 saturated carbocycles. The van der Waals surface area contributed by atoms with Gasteiger partial charge >= 0.3 is 27.2 Å². The molecule has 1 saturated heterocycles. The molecule has 88 heavy (non-hydrogen) atoms. The molecule has 0 atom stereocenters. The van der Waals surface area contributed by atoms with Gasteiger partial charge in [-0.1, -0.05) is 192 Å². The summed E-state index contributed by atoms with van der Waals surface area (Å²) in [5.41, 5.74) is 24.2. The van der Waals surface area contributed by atoms with Crippen LogP contribution in [0.5, 0.6) is 0 Å². The Morgan fingerprint density at radius 1 is 0.330 bits per heavy atom. The summed E-state index contributed by atoms with van der Waals surface area (Å²) < 4.78 is 12.9. The number of hydrogen-bond acceptors (Lipinski definition) is 5. The smallest absolute Gasteiger partial charge is 0.400 e. The van der Waals surface area contributed by atoms with E-state index in [1.54, 1.807) is 0 Å². The predicted octanol–water partition coefficient (Wildman–Crippen LogP) is 19.8. The molecule has 2 aliphatic carbocycles. The Morgan fingerprint density at radius 3 is 0.955 bits per heavy atom. The Balaban J connectivity index is 0.00000754. The molecule has 3 aromatic heterocycles. The minimum atomic E-state index is -0.482. The molecule has 442 valence electrons. The minimum Gasteiger partial charge on any atom is -0.400 e. The zero-order valence-corrected chi connectivity index (χ0v) is 56.4. The van der Waals surface area contributed by atoms with Crippen molar-refractivity contribution in [3.8, 4) is 101 Å². The van der Waals surface area contributed by atoms with E-state index in [1.165, 1.54) is 22.3 Å². The molecule has 7 heteroatoms. The van der Waals surface area contributed by atoms with Gasteiger partial charge in [0.2, 0.25) is 0 Å². The molecule has 7 aromatic carbocycles. The Hall–Kier alpha value is -7.38. The van der Waals surface area contributed by atoms with E-state index < -0.39 is 18.3 Å². The van der Waals surface area contributed by atoms with Crippen molar-refractivity contribution in [1.82, 2.24) is 15.0 Å². The molecule has 0 amide bonds. The van der Waals surface area contributed by atoms with Crippen LogP contribution in [0.15, 0.2) is 188 Å². The van der Waals surface area contributed by atoms with Crippen molar-refractivity contribution in [2.75, 3.05) is 0 Å². The molecule has 0 N–H and O–H groups in total. The van der Waals surface area contributed by atoms with Crippen LogP contribution >= 0.6 is 0 Å². The third-order valence-electron chi connectivity index (χ3n) is 22.9. The van der Waals surface area contributed by atoms with Crippen LogP contribution in [-0.2, 0) is 51.1 Å². The number of hydrogen-bond donors (Lipinski definition) is 0. The van der Waals surface area contributed by atoms with Crippen LogP contribution in [0.3, 0.4) is 0 Å². The average Bonchev–Trinajstić information content (AvgIpc) is 1.58. The van der Waals surface area contributed by atoms with Gasteiger partial charge < -0.3 is 24.3 Å². The quantitative estimate of drug-likeness (QED) is 0.101. The zero-order chi connectivity index (χ0) is 61.4. The number of benzene rings is 7. The van der Waals surface area contributed by atoms with E-state index in [0.29, 0.717) is 0 Å². The first-order valence-electron chi connectivity index (χ1n) is 31.0. The fourth-order valence-electron chi connectivity index (χ4n) is 14.2. The molecule has 0 unspecified atom stereocenters. The summed E-state index contributed by atoms with van der Waals surface area (Å²) in [4.78, 5) is 15.5. The Morgan fingerprint density at radius 2 is 0.636 bits per heavy atom. The standard InChI is InChI=1S/C81H79BN3O2.Ir/c1-74(2)67-37-32-52(46-69(67)76(5,6)78(74,9)10)72-40-35-55(49-84-72)62-27-18-21-30-65(62)58-42-57(64-29-20-17-26-61(64)54-34-39-71(83-48-54)51-24-23-25-60(45-51)82-86-80(13,14)81(15,16)87-82)43-59(44-58)66-31-22-19-28-63(66)56-36-41-73(85-50-56)53-33-38-68-70(47-53)77(7,8)79(11,12)75(68,3)4;/h17-23,25-31,34-50H,1-16H3;/q-3;+3. The van der Waals surface area contributed by atoms with Gasteiger partial charge in [0.25, 0.3) is 0 Å². The van der Waals surface area contributed by atoms with E-state index in [2.05, 4.69) is 287 Å². The predicted molar refractivity (Wildman–Crippen MR) is 361 cm³/mol. The first kappa shape index (κ1) is 60.9. The van der Waals surface area contributed by atoms with Crippen LogP contribution in [-0.4, -0.2) is 33.3 Å². The van der Waals surface area contributed by atoms with Gasteiger partial charge in [-0.2, -0.15) is 0 Å². The molecule has 5 nitrogen and oxygen atoms in total. The second-order valence-electron chi connectivity index (χ2n) is 29.0. The number of aromatic nitrogens is 3. The van der Waals surface area contributed by atoms with Crippen molar-refractivity contribution >= 4 is 12.6 Å². The van der Waals surface area contributed by atoms with E-state index in [9.17, 15) is 0 Å². The van der Waals surface area contributed by atoms with Gasteiger partial charge in [-0.25, -0.2) is 0 Å². The summed E-state index contributed by atoms with van der Waals surface area (Å²) in [6, 6.07) is 72.1. The van der Waals surface area contributed by atoms with Crippen LogP contribution in [0.25, 0.3) is 101 Å². The van der Waals surface area contributed by atoms with Gasteiger partial charge in [-0.15, -0.1) is 105 Å². The van der Waals surface area contributed by atoms with Crippen LogP contribution in [0.2, 0.25) is 0 Å². The van der Waals surface area contributed by atoms with Gasteiger partial charge in [-0.3, -0.25) is 0 Å². The van der Waals surface area contributed by atoms with Crippen molar-refractivity contribution < 1.29 is 29.4 Å². The summed E-state index contributed by atoms with van der Waals surface area (Å²) in [6.07, 6.45) is 6.05. The maximum absolute atomic E-state index is 6.43. The maximum Gasteiger partial charge on any atom is 3.00 e. The van der Waals surface area contributed by atoms with Crippen molar-refractivity contribution in [1.29, 1.82) is 0 Å². The normalized spacial score (nSPS) is 18.3. The first-order valence-corrected chi connectivity index (χ1v) is 31.0. The monoisotopic (exact) mass is 1330 g/mol. The molecule has 1 aliphatic heterocycles. The van der Waals surface area contributed by atoms with Crippen molar-refractivity contribution in [2.45, 2.75) is 144 Å². The molecular weight excluding hydrogens is 1250 g/mol.